The number of nitrogens with zero attached hydrogens (tertiary/aromatic N) is 1. The lowest BCUT2D eigenvalue weighted by atomic mass is 10.0. The van der Waals surface area contributed by atoms with Crippen LogP contribution in [0.5, 0.6) is 0 Å². The molecule has 0 aliphatic carbocycles. The maximum Gasteiger partial charge on any atom is 0.334 e. The summed E-state index contributed by atoms with van der Waals surface area (Å²) in [6, 6.07) is 21.9. The van der Waals surface area contributed by atoms with Crippen LogP contribution >= 0.6 is 0 Å². The standard InChI is InChI=1S/C41H55N11O5/c1-26(2)21-35(50-41(57)52-51-39(56)34(22-27-13-6-4-7-14-27)46-24-28-15-8-5-9-16-28)38(55)48-32(19-12-20-45-40(43)44-3)37(54)49-33(36(42)53)23-29-25-47-31-18-11-10-17-30(29)31/h4-11,13-18,25-26,32-35,46-47H,12,19-24H2,1-3H3,(H2,42,53)(H,48,55)(H,49,54)(H,51,56)(H3,43,44,45)(H2,50,52,57)/t32-,33-,34-,35-/m0/s1. The number of hydrogen-bond acceptors (Lipinski definition) is 7. The molecule has 0 spiro atoms. The van der Waals surface area contributed by atoms with Crippen LogP contribution in [0.2, 0.25) is 0 Å². The Morgan fingerprint density at radius 2 is 1.33 bits per heavy atom. The summed E-state index contributed by atoms with van der Waals surface area (Å²) < 4.78 is 0. The molecule has 0 saturated heterocycles. The van der Waals surface area contributed by atoms with E-state index in [0.717, 1.165) is 27.6 Å². The Hall–Kier alpha value is -6.42. The van der Waals surface area contributed by atoms with Gasteiger partial charge in [0.2, 0.25) is 17.7 Å². The van der Waals surface area contributed by atoms with E-state index in [-0.39, 0.29) is 31.1 Å². The number of hydrazine groups is 1. The molecule has 0 saturated carbocycles. The molecular weight excluding hydrogens is 727 g/mol. The first kappa shape index (κ1) is 43.3. The topological polar surface area (TPSA) is 250 Å². The van der Waals surface area contributed by atoms with E-state index in [9.17, 15) is 24.0 Å². The smallest absolute Gasteiger partial charge is 0.334 e. The van der Waals surface area contributed by atoms with Gasteiger partial charge < -0.3 is 43.0 Å². The van der Waals surface area contributed by atoms with Crippen molar-refractivity contribution < 1.29 is 24.0 Å². The molecule has 4 atom stereocenters. The molecule has 0 aliphatic rings. The number of hydrogen-bond donors (Lipinski definition) is 10. The van der Waals surface area contributed by atoms with Crippen LogP contribution in [0.1, 0.15) is 49.8 Å². The third-order valence-corrected chi connectivity index (χ3v) is 9.23. The highest BCUT2D eigenvalue weighted by Gasteiger charge is 2.30. The number of para-hydroxylation sites is 1. The molecule has 1 aromatic heterocycles. The molecule has 0 bridgehead atoms. The molecule has 3 aromatic carbocycles. The lowest BCUT2D eigenvalue weighted by molar-refractivity contribution is -0.132. The number of urea groups is 1. The highest BCUT2D eigenvalue weighted by atomic mass is 16.2. The molecule has 6 amide bonds. The second-order valence-electron chi connectivity index (χ2n) is 14.1. The average Bonchev–Trinajstić information content (AvgIpc) is 3.61. The third-order valence-electron chi connectivity index (χ3n) is 9.23. The largest absolute Gasteiger partial charge is 0.370 e. The van der Waals surface area contributed by atoms with Gasteiger partial charge in [0.15, 0.2) is 5.96 Å². The van der Waals surface area contributed by atoms with Crippen molar-refractivity contribution in [1.82, 2.24) is 42.4 Å². The van der Waals surface area contributed by atoms with Crippen LogP contribution in [0.15, 0.2) is 96.1 Å². The number of rotatable bonds is 20. The first-order valence-electron chi connectivity index (χ1n) is 19.0. The van der Waals surface area contributed by atoms with Gasteiger partial charge >= 0.3 is 6.03 Å². The summed E-state index contributed by atoms with van der Waals surface area (Å²) in [5.74, 6) is -2.32. The number of guanidine groups is 1. The molecule has 304 valence electrons. The normalized spacial score (nSPS) is 13.5. The molecule has 16 nitrogen and oxygen atoms in total. The van der Waals surface area contributed by atoms with E-state index in [1.165, 1.54) is 7.05 Å². The highest BCUT2D eigenvalue weighted by molar-refractivity contribution is 5.94. The van der Waals surface area contributed by atoms with E-state index in [1.54, 1.807) is 6.20 Å². The number of aromatic amines is 1. The number of benzene rings is 3. The predicted octanol–water partition coefficient (Wildman–Crippen LogP) is 1.63. The Morgan fingerprint density at radius 3 is 2.00 bits per heavy atom. The molecule has 1 heterocycles. The summed E-state index contributed by atoms with van der Waals surface area (Å²) >= 11 is 0. The van der Waals surface area contributed by atoms with Gasteiger partial charge in [-0.1, -0.05) is 92.7 Å². The number of nitrogens with one attached hydrogen (secondary N) is 8. The van der Waals surface area contributed by atoms with Crippen LogP contribution in [0.3, 0.4) is 0 Å². The Labute approximate surface area is 332 Å². The predicted molar refractivity (Wildman–Crippen MR) is 220 cm³/mol. The van der Waals surface area contributed by atoms with Crippen LogP contribution in [0, 0.1) is 5.92 Å². The maximum absolute atomic E-state index is 13.8. The SMILES string of the molecule is CN=C(N)NCCC[C@H](NC(=O)[C@H](CC(C)C)NC(=O)NNC(=O)[C@H](Cc1ccccc1)NCc1ccccc1)C(=O)N[C@@H](Cc1c[nH]c2ccccc12)C(N)=O. The van der Waals surface area contributed by atoms with Crippen molar-refractivity contribution in [2.45, 2.75) is 76.7 Å². The van der Waals surface area contributed by atoms with Gasteiger partial charge in [0.1, 0.15) is 18.1 Å². The molecular formula is C41H55N11O5. The maximum atomic E-state index is 13.8. The van der Waals surface area contributed by atoms with E-state index < -0.39 is 53.8 Å². The minimum absolute atomic E-state index is 0.0451. The summed E-state index contributed by atoms with van der Waals surface area (Å²) in [5, 5.41) is 15.2. The highest BCUT2D eigenvalue weighted by Crippen LogP contribution is 2.19. The lowest BCUT2D eigenvalue weighted by Crippen LogP contribution is -2.59. The number of H-pyrrole nitrogens is 1. The summed E-state index contributed by atoms with van der Waals surface area (Å²) in [4.78, 5) is 73.8. The molecule has 0 unspecified atom stereocenters. The lowest BCUT2D eigenvalue weighted by Gasteiger charge is -2.26. The minimum Gasteiger partial charge on any atom is -0.370 e. The summed E-state index contributed by atoms with van der Waals surface area (Å²) in [5.41, 5.74) is 19.9. The van der Waals surface area contributed by atoms with Gasteiger partial charge in [-0.25, -0.2) is 10.2 Å². The number of aromatic nitrogens is 1. The van der Waals surface area contributed by atoms with Crippen molar-refractivity contribution in [1.29, 1.82) is 0 Å². The zero-order chi connectivity index (χ0) is 41.2. The number of amides is 6. The van der Waals surface area contributed by atoms with Crippen molar-refractivity contribution in [3.63, 3.8) is 0 Å². The molecule has 4 rings (SSSR count). The van der Waals surface area contributed by atoms with E-state index in [0.29, 0.717) is 25.9 Å². The van der Waals surface area contributed by atoms with E-state index in [4.69, 9.17) is 11.5 Å². The van der Waals surface area contributed by atoms with Crippen LogP contribution in [-0.2, 0) is 38.6 Å². The fourth-order valence-corrected chi connectivity index (χ4v) is 6.21. The van der Waals surface area contributed by atoms with Gasteiger partial charge in [0.25, 0.3) is 5.91 Å². The third kappa shape index (κ3) is 14.3. The van der Waals surface area contributed by atoms with E-state index >= 15 is 0 Å². The van der Waals surface area contributed by atoms with E-state index in [2.05, 4.69) is 47.4 Å². The monoisotopic (exact) mass is 781 g/mol. The number of primary amides is 1. The van der Waals surface area contributed by atoms with Crippen LogP contribution in [-0.4, -0.2) is 78.4 Å². The van der Waals surface area contributed by atoms with Crippen molar-refractivity contribution >= 4 is 46.5 Å². The first-order chi connectivity index (χ1) is 27.4. The van der Waals surface area contributed by atoms with Gasteiger partial charge in [0.05, 0.1) is 6.04 Å². The van der Waals surface area contributed by atoms with Crippen molar-refractivity contribution in [3.8, 4) is 0 Å². The van der Waals surface area contributed by atoms with Crippen LogP contribution < -0.4 is 48.9 Å². The summed E-state index contributed by atoms with van der Waals surface area (Å²) in [7, 11) is 1.53. The zero-order valence-corrected chi connectivity index (χ0v) is 32.6. The quantitative estimate of drug-likeness (QED) is 0.0273. The van der Waals surface area contributed by atoms with Crippen molar-refractivity contribution in [3.05, 3.63) is 108 Å². The number of fused-ring (bicyclic) bond motifs is 1. The molecule has 4 aromatic rings. The Kier molecular flexibility index (Phi) is 16.9. The minimum atomic E-state index is -1.11. The number of carbonyl (C=O) groups is 5. The Bertz CT molecular complexity index is 1950. The Balaban J connectivity index is 1.42. The van der Waals surface area contributed by atoms with Crippen molar-refractivity contribution in [2.24, 2.45) is 22.4 Å². The van der Waals surface area contributed by atoms with Crippen molar-refractivity contribution in [2.75, 3.05) is 13.6 Å². The molecule has 0 radical (unpaired) electrons. The summed E-state index contributed by atoms with van der Waals surface area (Å²) in [6.07, 6.45) is 2.99. The fourth-order valence-electron chi connectivity index (χ4n) is 6.21. The van der Waals surface area contributed by atoms with Gasteiger partial charge in [0, 0.05) is 43.7 Å². The number of aliphatic imine (C=N–C) groups is 1. The summed E-state index contributed by atoms with van der Waals surface area (Å²) in [6.45, 7) is 4.53. The van der Waals surface area contributed by atoms with E-state index in [1.807, 2.05) is 98.8 Å². The van der Waals surface area contributed by atoms with Gasteiger partial charge in [-0.05, 0) is 54.4 Å². The number of nitrogens with two attached hydrogens (primary N) is 2. The van der Waals surface area contributed by atoms with Gasteiger partial charge in [-0.2, -0.15) is 0 Å². The van der Waals surface area contributed by atoms with Crippen LogP contribution in [0.25, 0.3) is 10.9 Å². The number of carbonyl (C=O) groups excluding carboxylic acids is 5. The molecule has 12 N–H and O–H groups in total. The van der Waals surface area contributed by atoms with Gasteiger partial charge in [-0.15, -0.1) is 0 Å². The second-order valence-corrected chi connectivity index (χ2v) is 14.1. The van der Waals surface area contributed by atoms with Crippen LogP contribution in [0.4, 0.5) is 4.79 Å². The fraction of sp³-hybridized carbons (Fsp3) is 0.366. The Morgan fingerprint density at radius 1 is 0.702 bits per heavy atom. The van der Waals surface area contributed by atoms with Gasteiger partial charge in [-0.3, -0.25) is 29.6 Å². The molecule has 0 fully saturated rings. The molecule has 16 heteroatoms. The molecule has 0 aliphatic heterocycles. The average molecular weight is 782 g/mol. The first-order valence-corrected chi connectivity index (χ1v) is 19.0. The second kappa shape index (κ2) is 22.2. The molecule has 57 heavy (non-hydrogen) atoms. The zero-order valence-electron chi connectivity index (χ0n) is 32.6.